The number of carbonyl (C=O) groups is 1. The summed E-state index contributed by atoms with van der Waals surface area (Å²) >= 11 is 5.93. The van der Waals surface area contributed by atoms with Crippen molar-refractivity contribution in [1.29, 1.82) is 0 Å². The lowest BCUT2D eigenvalue weighted by Crippen LogP contribution is -2.37. The second kappa shape index (κ2) is 8.26. The van der Waals surface area contributed by atoms with Gasteiger partial charge in [0, 0.05) is 11.6 Å². The van der Waals surface area contributed by atoms with E-state index in [0.717, 1.165) is 16.9 Å². The van der Waals surface area contributed by atoms with Crippen molar-refractivity contribution in [2.45, 2.75) is 39.7 Å². The number of ether oxygens (including phenoxy) is 1. The Morgan fingerprint density at radius 1 is 1.12 bits per heavy atom. The van der Waals surface area contributed by atoms with Crippen LogP contribution in [0.2, 0.25) is 5.02 Å². The average molecular weight is 361 g/mol. The number of urea groups is 1. The molecule has 0 unspecified atom stereocenters. The van der Waals surface area contributed by atoms with Gasteiger partial charge >= 0.3 is 6.03 Å². The summed E-state index contributed by atoms with van der Waals surface area (Å²) in [5.74, 6) is 0.785. The number of amides is 2. The summed E-state index contributed by atoms with van der Waals surface area (Å²) in [5, 5.41) is 6.13. The number of carbonyl (C=O) groups excluding carboxylic acids is 1. The summed E-state index contributed by atoms with van der Waals surface area (Å²) < 4.78 is 5.77. The molecule has 0 spiro atoms. The van der Waals surface area contributed by atoms with Crippen LogP contribution < -0.4 is 15.4 Å². The SMILES string of the molecule is Cc1ccc(OCNC(=O)NCc2cccc(Cl)c2)c(C(C)(C)C)c1. The molecule has 5 heteroatoms. The monoisotopic (exact) mass is 360 g/mol. The molecule has 0 fully saturated rings. The zero-order valence-electron chi connectivity index (χ0n) is 15.2. The number of hydrogen-bond donors (Lipinski definition) is 2. The predicted octanol–water partition coefficient (Wildman–Crippen LogP) is 4.78. The third-order valence-electron chi connectivity index (χ3n) is 3.75. The van der Waals surface area contributed by atoms with E-state index in [2.05, 4.69) is 44.4 Å². The first-order valence-electron chi connectivity index (χ1n) is 8.26. The van der Waals surface area contributed by atoms with E-state index >= 15 is 0 Å². The summed E-state index contributed by atoms with van der Waals surface area (Å²) in [6.07, 6.45) is 0. The van der Waals surface area contributed by atoms with Crippen molar-refractivity contribution >= 4 is 17.6 Å². The van der Waals surface area contributed by atoms with Gasteiger partial charge in [0.25, 0.3) is 0 Å². The Morgan fingerprint density at radius 3 is 2.56 bits per heavy atom. The van der Waals surface area contributed by atoms with Crippen molar-refractivity contribution in [3.63, 3.8) is 0 Å². The van der Waals surface area contributed by atoms with Crippen LogP contribution in [0.4, 0.5) is 4.79 Å². The molecule has 0 radical (unpaired) electrons. The largest absolute Gasteiger partial charge is 0.473 e. The van der Waals surface area contributed by atoms with Gasteiger partial charge in [0.15, 0.2) is 6.73 Å². The van der Waals surface area contributed by atoms with Crippen LogP contribution in [-0.4, -0.2) is 12.8 Å². The zero-order valence-corrected chi connectivity index (χ0v) is 15.9. The van der Waals surface area contributed by atoms with E-state index in [1.165, 1.54) is 5.56 Å². The number of aryl methyl sites for hydroxylation is 1. The van der Waals surface area contributed by atoms with Gasteiger partial charge in [0.2, 0.25) is 0 Å². The molecule has 0 heterocycles. The summed E-state index contributed by atoms with van der Waals surface area (Å²) in [6.45, 7) is 8.98. The Bertz CT molecular complexity index is 739. The third-order valence-corrected chi connectivity index (χ3v) is 3.98. The molecule has 0 bridgehead atoms. The summed E-state index contributed by atoms with van der Waals surface area (Å²) in [5.41, 5.74) is 3.21. The van der Waals surface area contributed by atoms with Gasteiger partial charge in [-0.25, -0.2) is 4.79 Å². The highest BCUT2D eigenvalue weighted by molar-refractivity contribution is 6.30. The maximum atomic E-state index is 11.9. The van der Waals surface area contributed by atoms with Crippen molar-refractivity contribution < 1.29 is 9.53 Å². The van der Waals surface area contributed by atoms with Crippen LogP contribution in [0, 0.1) is 6.92 Å². The first-order valence-corrected chi connectivity index (χ1v) is 8.63. The van der Waals surface area contributed by atoms with Gasteiger partial charge < -0.3 is 15.4 Å². The molecule has 2 aromatic carbocycles. The van der Waals surface area contributed by atoms with Crippen LogP contribution >= 0.6 is 11.6 Å². The maximum Gasteiger partial charge on any atom is 0.317 e. The van der Waals surface area contributed by atoms with Crippen molar-refractivity contribution in [2.24, 2.45) is 0 Å². The normalized spacial score (nSPS) is 11.1. The number of hydrogen-bond acceptors (Lipinski definition) is 2. The number of halogens is 1. The predicted molar refractivity (Wildman–Crippen MR) is 102 cm³/mol. The van der Waals surface area contributed by atoms with Gasteiger partial charge in [0.05, 0.1) is 0 Å². The van der Waals surface area contributed by atoms with Crippen LogP contribution in [0.15, 0.2) is 42.5 Å². The molecular formula is C20H25ClN2O2. The number of rotatable bonds is 5. The summed E-state index contributed by atoms with van der Waals surface area (Å²) in [6, 6.07) is 13.2. The van der Waals surface area contributed by atoms with E-state index < -0.39 is 0 Å². The average Bonchev–Trinajstić information content (AvgIpc) is 2.53. The minimum atomic E-state index is -0.288. The van der Waals surface area contributed by atoms with Crippen molar-refractivity contribution in [3.05, 3.63) is 64.2 Å². The molecule has 4 nitrogen and oxygen atoms in total. The maximum absolute atomic E-state index is 11.9. The molecule has 2 rings (SSSR count). The van der Waals surface area contributed by atoms with E-state index in [9.17, 15) is 4.79 Å². The van der Waals surface area contributed by atoms with Gasteiger partial charge in [0.1, 0.15) is 5.75 Å². The van der Waals surface area contributed by atoms with Gasteiger partial charge in [-0.15, -0.1) is 0 Å². The number of nitrogens with one attached hydrogen (secondary N) is 2. The van der Waals surface area contributed by atoms with Gasteiger partial charge in [-0.05, 0) is 41.7 Å². The first-order chi connectivity index (χ1) is 11.8. The van der Waals surface area contributed by atoms with E-state index in [1.807, 2.05) is 30.3 Å². The fourth-order valence-electron chi connectivity index (χ4n) is 2.43. The lowest BCUT2D eigenvalue weighted by Gasteiger charge is -2.23. The van der Waals surface area contributed by atoms with Crippen LogP contribution in [-0.2, 0) is 12.0 Å². The smallest absolute Gasteiger partial charge is 0.317 e. The zero-order chi connectivity index (χ0) is 18.4. The topological polar surface area (TPSA) is 50.4 Å². The summed E-state index contributed by atoms with van der Waals surface area (Å²) in [4.78, 5) is 11.9. The molecule has 25 heavy (non-hydrogen) atoms. The van der Waals surface area contributed by atoms with E-state index in [1.54, 1.807) is 6.07 Å². The Hall–Kier alpha value is -2.20. The molecule has 0 aliphatic rings. The van der Waals surface area contributed by atoms with Crippen molar-refractivity contribution in [1.82, 2.24) is 10.6 Å². The van der Waals surface area contributed by atoms with Crippen LogP contribution in [0.1, 0.15) is 37.5 Å². The molecule has 2 amide bonds. The van der Waals surface area contributed by atoms with Crippen LogP contribution in [0.3, 0.4) is 0 Å². The minimum absolute atomic E-state index is 0.0316. The Balaban J connectivity index is 1.85. The highest BCUT2D eigenvalue weighted by atomic mass is 35.5. The Labute approximate surface area is 154 Å². The van der Waals surface area contributed by atoms with E-state index in [0.29, 0.717) is 11.6 Å². The standard InChI is InChI=1S/C20H25ClN2O2/c1-14-8-9-18(17(10-14)20(2,3)4)25-13-23-19(24)22-12-15-6-5-7-16(21)11-15/h5-11H,12-13H2,1-4H3,(H2,22,23,24). The molecular weight excluding hydrogens is 336 g/mol. The second-order valence-corrected chi connectivity index (χ2v) is 7.46. The molecule has 2 N–H and O–H groups in total. The van der Waals surface area contributed by atoms with Gasteiger partial charge in [-0.3, -0.25) is 0 Å². The Morgan fingerprint density at radius 2 is 1.88 bits per heavy atom. The fraction of sp³-hybridized carbons (Fsp3) is 0.350. The molecule has 0 aromatic heterocycles. The second-order valence-electron chi connectivity index (χ2n) is 7.03. The Kier molecular flexibility index (Phi) is 6.32. The molecule has 0 atom stereocenters. The molecule has 134 valence electrons. The lowest BCUT2D eigenvalue weighted by molar-refractivity contribution is 0.222. The van der Waals surface area contributed by atoms with Crippen molar-refractivity contribution in [2.75, 3.05) is 6.73 Å². The molecule has 0 saturated carbocycles. The molecule has 0 aliphatic carbocycles. The quantitative estimate of drug-likeness (QED) is 0.754. The van der Waals surface area contributed by atoms with Gasteiger partial charge in [-0.2, -0.15) is 0 Å². The van der Waals surface area contributed by atoms with E-state index in [4.69, 9.17) is 16.3 Å². The van der Waals surface area contributed by atoms with E-state index in [-0.39, 0.29) is 18.2 Å². The fourth-order valence-corrected chi connectivity index (χ4v) is 2.64. The molecule has 2 aromatic rings. The molecule has 0 saturated heterocycles. The van der Waals surface area contributed by atoms with Crippen LogP contribution in [0.5, 0.6) is 5.75 Å². The summed E-state index contributed by atoms with van der Waals surface area (Å²) in [7, 11) is 0. The number of benzene rings is 2. The van der Waals surface area contributed by atoms with Crippen molar-refractivity contribution in [3.8, 4) is 5.75 Å². The van der Waals surface area contributed by atoms with Gasteiger partial charge in [-0.1, -0.05) is 62.2 Å². The lowest BCUT2D eigenvalue weighted by atomic mass is 9.85. The third kappa shape index (κ3) is 5.98. The first kappa shape index (κ1) is 19.1. The molecule has 0 aliphatic heterocycles. The minimum Gasteiger partial charge on any atom is -0.473 e. The highest BCUT2D eigenvalue weighted by Gasteiger charge is 2.19. The van der Waals surface area contributed by atoms with Crippen LogP contribution in [0.25, 0.3) is 0 Å². The highest BCUT2D eigenvalue weighted by Crippen LogP contribution is 2.31.